The highest BCUT2D eigenvalue weighted by Crippen LogP contribution is 2.34. The minimum atomic E-state index is 0.218. The monoisotopic (exact) mass is 412 g/mol. The van der Waals surface area contributed by atoms with Crippen LogP contribution in [0.25, 0.3) is 10.2 Å². The van der Waals surface area contributed by atoms with Crippen molar-refractivity contribution < 1.29 is 0 Å². The number of fused-ring (bicyclic) bond motifs is 1. The average Bonchev–Trinajstić information content (AvgIpc) is 2.88. The second kappa shape index (κ2) is 5.71. The number of aromatic nitrogens is 1. The van der Waals surface area contributed by atoms with Gasteiger partial charge >= 0.3 is 0 Å². The summed E-state index contributed by atoms with van der Waals surface area (Å²) in [5.74, 6) is 0. The van der Waals surface area contributed by atoms with Crippen LogP contribution in [0.1, 0.15) is 25.3 Å². The lowest BCUT2D eigenvalue weighted by Gasteiger charge is -2.40. The van der Waals surface area contributed by atoms with Crippen molar-refractivity contribution in [3.63, 3.8) is 0 Å². The molecule has 0 radical (unpaired) electrons. The Kier molecular flexibility index (Phi) is 4.08. The first-order chi connectivity index (χ1) is 10.0. The number of nitrogens with one attached hydrogen (secondary N) is 2. The van der Waals surface area contributed by atoms with Gasteiger partial charge in [-0.2, -0.15) is 5.26 Å². The van der Waals surface area contributed by atoms with Crippen molar-refractivity contribution in [3.8, 4) is 6.07 Å². The SMILES string of the molecule is CC1(C)CNCCC1Nc1ccc2sc(C#N)nc2c1I. The maximum Gasteiger partial charge on any atom is 0.195 e. The molecule has 0 aliphatic carbocycles. The Hall–Kier alpha value is -0.910. The predicted octanol–water partition coefficient (Wildman–Crippen LogP) is 3.57. The standard InChI is InChI=1S/C15H17IN4S/c1-15(2)8-18-6-5-11(15)19-9-3-4-10-14(13(9)16)20-12(7-17)21-10/h3-4,11,18-19H,5-6,8H2,1-2H3. The topological polar surface area (TPSA) is 60.7 Å². The number of anilines is 1. The molecule has 6 heteroatoms. The number of halogens is 1. The molecule has 1 aliphatic rings. The van der Waals surface area contributed by atoms with Gasteiger partial charge in [0, 0.05) is 12.6 Å². The van der Waals surface area contributed by atoms with Gasteiger partial charge in [-0.25, -0.2) is 4.98 Å². The van der Waals surface area contributed by atoms with Crippen LogP contribution in [-0.4, -0.2) is 24.1 Å². The molecule has 1 saturated heterocycles. The van der Waals surface area contributed by atoms with Crippen LogP contribution < -0.4 is 10.6 Å². The number of nitriles is 1. The van der Waals surface area contributed by atoms with Crippen molar-refractivity contribution in [2.75, 3.05) is 18.4 Å². The summed E-state index contributed by atoms with van der Waals surface area (Å²) in [6.07, 6.45) is 1.11. The van der Waals surface area contributed by atoms with Gasteiger partial charge in [0.05, 0.1) is 19.5 Å². The Morgan fingerprint density at radius 3 is 3.05 bits per heavy atom. The number of nitrogens with zero attached hydrogens (tertiary/aromatic N) is 2. The van der Waals surface area contributed by atoms with Gasteiger partial charge < -0.3 is 10.6 Å². The Balaban J connectivity index is 1.94. The van der Waals surface area contributed by atoms with Gasteiger partial charge in [-0.1, -0.05) is 13.8 Å². The van der Waals surface area contributed by atoms with E-state index in [0.717, 1.165) is 39.0 Å². The quantitative estimate of drug-likeness (QED) is 0.741. The van der Waals surface area contributed by atoms with Crippen LogP contribution in [0.15, 0.2) is 12.1 Å². The normalized spacial score (nSPS) is 21.1. The number of hydrogen-bond acceptors (Lipinski definition) is 5. The second-order valence-corrected chi connectivity index (χ2v) is 8.17. The Morgan fingerprint density at radius 1 is 1.52 bits per heavy atom. The summed E-state index contributed by atoms with van der Waals surface area (Å²) in [5.41, 5.74) is 2.28. The van der Waals surface area contributed by atoms with Gasteiger partial charge in [-0.15, -0.1) is 11.3 Å². The van der Waals surface area contributed by atoms with E-state index in [-0.39, 0.29) is 5.41 Å². The van der Waals surface area contributed by atoms with E-state index in [1.165, 1.54) is 11.3 Å². The van der Waals surface area contributed by atoms with Crippen LogP contribution in [-0.2, 0) is 0 Å². The molecule has 1 unspecified atom stereocenters. The highest BCUT2D eigenvalue weighted by atomic mass is 127. The van der Waals surface area contributed by atoms with Crippen LogP contribution >= 0.6 is 33.9 Å². The summed E-state index contributed by atoms with van der Waals surface area (Å²) in [6, 6.07) is 6.75. The Bertz CT molecular complexity index is 716. The lowest BCUT2D eigenvalue weighted by atomic mass is 9.80. The summed E-state index contributed by atoms with van der Waals surface area (Å²) >= 11 is 3.78. The third kappa shape index (κ3) is 2.87. The van der Waals surface area contributed by atoms with Crippen molar-refractivity contribution in [3.05, 3.63) is 20.7 Å². The van der Waals surface area contributed by atoms with Crippen molar-refractivity contribution in [1.82, 2.24) is 10.3 Å². The molecule has 4 nitrogen and oxygen atoms in total. The van der Waals surface area contributed by atoms with Crippen molar-refractivity contribution in [2.24, 2.45) is 5.41 Å². The zero-order chi connectivity index (χ0) is 15.0. The van der Waals surface area contributed by atoms with Crippen LogP contribution in [0.4, 0.5) is 5.69 Å². The van der Waals surface area contributed by atoms with Crippen LogP contribution in [0.3, 0.4) is 0 Å². The zero-order valence-electron chi connectivity index (χ0n) is 12.0. The largest absolute Gasteiger partial charge is 0.381 e. The van der Waals surface area contributed by atoms with Gasteiger partial charge in [0.15, 0.2) is 5.01 Å². The molecule has 1 aromatic heterocycles. The molecule has 1 atom stereocenters. The molecule has 0 saturated carbocycles. The van der Waals surface area contributed by atoms with E-state index in [9.17, 15) is 0 Å². The fraction of sp³-hybridized carbons (Fsp3) is 0.467. The molecule has 3 rings (SSSR count). The zero-order valence-corrected chi connectivity index (χ0v) is 15.0. The van der Waals surface area contributed by atoms with E-state index in [1.54, 1.807) is 0 Å². The molecule has 2 aromatic rings. The summed E-state index contributed by atoms with van der Waals surface area (Å²) in [7, 11) is 0. The molecule has 2 heterocycles. The molecule has 21 heavy (non-hydrogen) atoms. The van der Waals surface area contributed by atoms with Crippen LogP contribution in [0.5, 0.6) is 0 Å². The van der Waals surface area contributed by atoms with Crippen molar-refractivity contribution in [2.45, 2.75) is 26.3 Å². The number of rotatable bonds is 2. The highest BCUT2D eigenvalue weighted by Gasteiger charge is 2.32. The highest BCUT2D eigenvalue weighted by molar-refractivity contribution is 14.1. The van der Waals surface area contributed by atoms with Gasteiger partial charge in [-0.3, -0.25) is 0 Å². The summed E-state index contributed by atoms with van der Waals surface area (Å²) in [5, 5.41) is 16.7. The number of hydrogen-bond donors (Lipinski definition) is 2. The van der Waals surface area contributed by atoms with Crippen LogP contribution in [0.2, 0.25) is 0 Å². The van der Waals surface area contributed by atoms with E-state index in [0.29, 0.717) is 11.0 Å². The number of benzene rings is 1. The maximum atomic E-state index is 9.00. The van der Waals surface area contributed by atoms with E-state index >= 15 is 0 Å². The Morgan fingerprint density at radius 2 is 2.33 bits per heavy atom. The maximum absolute atomic E-state index is 9.00. The first-order valence-electron chi connectivity index (χ1n) is 6.97. The molecule has 1 aromatic carbocycles. The first kappa shape index (κ1) is 15.0. The fourth-order valence-electron chi connectivity index (χ4n) is 2.75. The lowest BCUT2D eigenvalue weighted by molar-refractivity contribution is 0.236. The van der Waals surface area contributed by atoms with E-state index in [2.05, 4.69) is 70.3 Å². The third-order valence-electron chi connectivity index (χ3n) is 4.06. The number of thiazole rings is 1. The van der Waals surface area contributed by atoms with Gasteiger partial charge in [-0.05, 0) is 53.1 Å². The molecule has 1 aliphatic heterocycles. The summed E-state index contributed by atoms with van der Waals surface area (Å²) in [6.45, 7) is 6.66. The third-order valence-corrected chi connectivity index (χ3v) is 6.08. The molecule has 0 bridgehead atoms. The molecule has 2 N–H and O–H groups in total. The second-order valence-electron chi connectivity index (χ2n) is 6.06. The molecular formula is C15H17IN4S. The van der Waals surface area contributed by atoms with Gasteiger partial charge in [0.25, 0.3) is 0 Å². The minimum absolute atomic E-state index is 0.218. The van der Waals surface area contributed by atoms with E-state index in [4.69, 9.17) is 5.26 Å². The Labute approximate surface area is 142 Å². The minimum Gasteiger partial charge on any atom is -0.381 e. The van der Waals surface area contributed by atoms with Gasteiger partial charge in [0.2, 0.25) is 0 Å². The molecule has 0 amide bonds. The van der Waals surface area contributed by atoms with E-state index < -0.39 is 0 Å². The molecular weight excluding hydrogens is 395 g/mol. The van der Waals surface area contributed by atoms with Gasteiger partial charge in [0.1, 0.15) is 6.07 Å². The molecule has 0 spiro atoms. The first-order valence-corrected chi connectivity index (χ1v) is 8.87. The molecule has 1 fully saturated rings. The summed E-state index contributed by atoms with van der Waals surface area (Å²) < 4.78 is 2.18. The number of piperidine rings is 1. The van der Waals surface area contributed by atoms with Crippen LogP contribution in [0, 0.1) is 20.3 Å². The van der Waals surface area contributed by atoms with E-state index in [1.807, 2.05) is 0 Å². The molecule has 110 valence electrons. The van der Waals surface area contributed by atoms with Crippen molar-refractivity contribution in [1.29, 1.82) is 5.26 Å². The lowest BCUT2D eigenvalue weighted by Crippen LogP contribution is -2.49. The predicted molar refractivity (Wildman–Crippen MR) is 95.7 cm³/mol. The average molecular weight is 412 g/mol. The smallest absolute Gasteiger partial charge is 0.195 e. The summed E-state index contributed by atoms with van der Waals surface area (Å²) in [4.78, 5) is 4.42. The fourth-order valence-corrected chi connectivity index (χ4v) is 4.45. The van der Waals surface area contributed by atoms with Crippen molar-refractivity contribution >= 4 is 49.8 Å².